The molecule has 0 unspecified atom stereocenters. The second-order valence-corrected chi connectivity index (χ2v) is 12.6. The Morgan fingerprint density at radius 3 is 2.71 bits per heavy atom. The van der Waals surface area contributed by atoms with Crippen molar-refractivity contribution >= 4 is 11.6 Å². The zero-order valence-electron chi connectivity index (χ0n) is 22.7. The van der Waals surface area contributed by atoms with Gasteiger partial charge in [-0.1, -0.05) is 25.1 Å². The highest BCUT2D eigenvalue weighted by molar-refractivity contribution is 6.10. The van der Waals surface area contributed by atoms with Crippen molar-refractivity contribution in [2.24, 2.45) is 18.4 Å². The summed E-state index contributed by atoms with van der Waals surface area (Å²) in [6.45, 7) is 9.98. The smallest absolute Gasteiger partial charge is 0.258 e. The van der Waals surface area contributed by atoms with Gasteiger partial charge in [0, 0.05) is 36.8 Å². The minimum absolute atomic E-state index is 0.110. The van der Waals surface area contributed by atoms with Crippen LogP contribution in [0, 0.1) is 18.3 Å². The Bertz CT molecular complexity index is 1400. The summed E-state index contributed by atoms with van der Waals surface area (Å²) in [5.41, 5.74) is 6.72. The van der Waals surface area contributed by atoms with Crippen LogP contribution in [0.15, 0.2) is 42.7 Å². The number of amides is 1. The quantitative estimate of drug-likeness (QED) is 0.501. The van der Waals surface area contributed by atoms with Gasteiger partial charge in [-0.3, -0.25) is 9.69 Å². The third-order valence-corrected chi connectivity index (χ3v) is 9.49. The summed E-state index contributed by atoms with van der Waals surface area (Å²) in [5.74, 6) is 1.85. The Balaban J connectivity index is 1.18. The molecule has 198 valence electrons. The highest BCUT2D eigenvalue weighted by Crippen LogP contribution is 2.61. The predicted octanol–water partition coefficient (Wildman–Crippen LogP) is 4.61. The van der Waals surface area contributed by atoms with E-state index in [1.807, 2.05) is 16.5 Å². The van der Waals surface area contributed by atoms with Gasteiger partial charge < -0.3 is 14.2 Å². The lowest BCUT2D eigenvalue weighted by Crippen LogP contribution is -2.60. The summed E-state index contributed by atoms with van der Waals surface area (Å²) >= 11 is 0. The molecule has 38 heavy (non-hydrogen) atoms. The molecule has 3 fully saturated rings. The van der Waals surface area contributed by atoms with Gasteiger partial charge >= 0.3 is 0 Å². The number of hydrogen-bond donors (Lipinski definition) is 0. The van der Waals surface area contributed by atoms with Crippen LogP contribution in [0.3, 0.4) is 0 Å². The maximum absolute atomic E-state index is 13.8. The fourth-order valence-corrected chi connectivity index (χ4v) is 7.66. The molecule has 1 saturated carbocycles. The standard InChI is InChI=1S/C31H37N5O2/c1-21-6-5-9-35(13-21)14-23-10-22(2)27-15-36(28(37)26(27)11-23)25-8-4-7-24(12-25)31(29-33-32-20-34(29)3)16-30(17-31)18-38-19-30/h4,7-8,10-12,20-21H,5-6,9,13-19H2,1-3H3/t21-/m0/s1. The number of aryl methyl sites for hydroxylation is 2. The van der Waals surface area contributed by atoms with Crippen LogP contribution < -0.4 is 4.90 Å². The SMILES string of the molecule is Cc1cc(CN2CCC[C@H](C)C2)cc2c1CN(c1cccc(C3(c4nncn4C)CC4(COC4)C3)c1)C2=O. The predicted molar refractivity (Wildman–Crippen MR) is 146 cm³/mol. The first kappa shape index (κ1) is 24.0. The molecule has 0 bridgehead atoms. The van der Waals surface area contributed by atoms with E-state index in [0.29, 0.717) is 6.54 Å². The maximum Gasteiger partial charge on any atom is 0.258 e. The average Bonchev–Trinajstić information content (AvgIpc) is 3.42. The van der Waals surface area contributed by atoms with E-state index < -0.39 is 0 Å². The number of hydrogen-bond acceptors (Lipinski definition) is 5. The number of rotatable bonds is 5. The number of likely N-dealkylation sites (tertiary alicyclic amines) is 1. The first-order valence-electron chi connectivity index (χ1n) is 14.1. The van der Waals surface area contributed by atoms with E-state index >= 15 is 0 Å². The van der Waals surface area contributed by atoms with Crippen molar-refractivity contribution in [3.63, 3.8) is 0 Å². The number of anilines is 1. The third kappa shape index (κ3) is 3.74. The highest BCUT2D eigenvalue weighted by atomic mass is 16.5. The van der Waals surface area contributed by atoms with Gasteiger partial charge in [0.1, 0.15) is 12.2 Å². The molecular formula is C31H37N5O2. The number of nitrogens with zero attached hydrogens (tertiary/aromatic N) is 5. The lowest BCUT2D eigenvalue weighted by atomic mass is 9.49. The minimum Gasteiger partial charge on any atom is -0.380 e. The second kappa shape index (κ2) is 8.75. The van der Waals surface area contributed by atoms with Crippen LogP contribution in [0.5, 0.6) is 0 Å². The molecule has 3 aliphatic heterocycles. The van der Waals surface area contributed by atoms with Gasteiger partial charge in [0.15, 0.2) is 0 Å². The Morgan fingerprint density at radius 2 is 2.00 bits per heavy atom. The minimum atomic E-state index is -0.199. The van der Waals surface area contributed by atoms with Crippen LogP contribution in [0.2, 0.25) is 0 Å². The van der Waals surface area contributed by atoms with Crippen LogP contribution in [-0.2, 0) is 30.3 Å². The molecule has 2 aromatic carbocycles. The van der Waals surface area contributed by atoms with E-state index in [2.05, 4.69) is 65.3 Å². The monoisotopic (exact) mass is 511 g/mol. The van der Waals surface area contributed by atoms with E-state index in [9.17, 15) is 4.79 Å². The summed E-state index contributed by atoms with van der Waals surface area (Å²) in [6.07, 6.45) is 6.37. The average molecular weight is 512 g/mol. The van der Waals surface area contributed by atoms with Gasteiger partial charge in [-0.25, -0.2) is 0 Å². The summed E-state index contributed by atoms with van der Waals surface area (Å²) in [4.78, 5) is 18.3. The molecular weight excluding hydrogens is 474 g/mol. The molecule has 4 heterocycles. The number of ether oxygens (including phenoxy) is 1. The molecule has 1 aliphatic carbocycles. The lowest BCUT2D eigenvalue weighted by Gasteiger charge is -2.59. The molecule has 7 heteroatoms. The Kier molecular flexibility index (Phi) is 5.53. The van der Waals surface area contributed by atoms with Gasteiger partial charge in [-0.15, -0.1) is 10.2 Å². The number of carbonyl (C=O) groups excluding carboxylic acids is 1. The topological polar surface area (TPSA) is 63.5 Å². The lowest BCUT2D eigenvalue weighted by molar-refractivity contribution is -0.182. The van der Waals surface area contributed by atoms with Crippen LogP contribution in [0.1, 0.15) is 71.0 Å². The molecule has 3 aromatic rings. The second-order valence-electron chi connectivity index (χ2n) is 12.6. The zero-order valence-corrected chi connectivity index (χ0v) is 22.7. The maximum atomic E-state index is 13.8. The fourth-order valence-electron chi connectivity index (χ4n) is 7.66. The van der Waals surface area contributed by atoms with Crippen molar-refractivity contribution in [2.75, 3.05) is 31.2 Å². The van der Waals surface area contributed by atoms with E-state index in [-0.39, 0.29) is 16.7 Å². The van der Waals surface area contributed by atoms with E-state index in [0.717, 1.165) is 74.2 Å². The number of benzene rings is 2. The molecule has 1 aromatic heterocycles. The van der Waals surface area contributed by atoms with Crippen molar-refractivity contribution in [1.82, 2.24) is 19.7 Å². The van der Waals surface area contributed by atoms with Gasteiger partial charge in [0.05, 0.1) is 25.2 Å². The summed E-state index contributed by atoms with van der Waals surface area (Å²) in [6, 6.07) is 13.0. The molecule has 1 spiro atoms. The molecule has 1 atom stereocenters. The fraction of sp³-hybridized carbons (Fsp3) is 0.516. The Labute approximate surface area is 224 Å². The van der Waals surface area contributed by atoms with E-state index in [1.165, 1.54) is 29.5 Å². The summed E-state index contributed by atoms with van der Waals surface area (Å²) < 4.78 is 7.63. The van der Waals surface area contributed by atoms with Gasteiger partial charge in [0.25, 0.3) is 5.91 Å². The van der Waals surface area contributed by atoms with Crippen LogP contribution in [0.25, 0.3) is 0 Å². The van der Waals surface area contributed by atoms with Crippen molar-refractivity contribution in [3.8, 4) is 0 Å². The third-order valence-electron chi connectivity index (χ3n) is 9.49. The van der Waals surface area contributed by atoms with Crippen LogP contribution >= 0.6 is 0 Å². The molecule has 7 nitrogen and oxygen atoms in total. The van der Waals surface area contributed by atoms with Crippen molar-refractivity contribution in [1.29, 1.82) is 0 Å². The van der Waals surface area contributed by atoms with Crippen LogP contribution in [0.4, 0.5) is 5.69 Å². The van der Waals surface area contributed by atoms with Gasteiger partial charge in [-0.05, 0) is 85.5 Å². The van der Waals surface area contributed by atoms with Crippen LogP contribution in [-0.4, -0.2) is 51.9 Å². The highest BCUT2D eigenvalue weighted by Gasteiger charge is 2.61. The van der Waals surface area contributed by atoms with Gasteiger partial charge in [-0.2, -0.15) is 0 Å². The molecule has 7 rings (SSSR count). The zero-order chi connectivity index (χ0) is 26.1. The molecule has 0 N–H and O–H groups in total. The number of piperidine rings is 1. The van der Waals surface area contributed by atoms with Crippen molar-refractivity contribution in [2.45, 2.75) is 58.0 Å². The molecule has 1 amide bonds. The van der Waals surface area contributed by atoms with Crippen molar-refractivity contribution in [3.05, 3.63) is 76.4 Å². The number of carbonyl (C=O) groups is 1. The van der Waals surface area contributed by atoms with Gasteiger partial charge in [0.2, 0.25) is 0 Å². The first-order chi connectivity index (χ1) is 18.4. The summed E-state index contributed by atoms with van der Waals surface area (Å²) in [7, 11) is 2.02. The summed E-state index contributed by atoms with van der Waals surface area (Å²) in [5, 5.41) is 8.75. The number of fused-ring (bicyclic) bond motifs is 1. The van der Waals surface area contributed by atoms with Crippen molar-refractivity contribution < 1.29 is 9.53 Å². The first-order valence-corrected chi connectivity index (χ1v) is 14.1. The number of aromatic nitrogens is 3. The largest absolute Gasteiger partial charge is 0.380 e. The molecule has 2 saturated heterocycles. The Hall–Kier alpha value is -3.03. The Morgan fingerprint density at radius 1 is 1.16 bits per heavy atom. The molecule has 4 aliphatic rings. The van der Waals surface area contributed by atoms with E-state index in [4.69, 9.17) is 4.74 Å². The normalized spacial score (nSPS) is 23.8. The van der Waals surface area contributed by atoms with E-state index in [1.54, 1.807) is 6.33 Å². The molecule has 0 radical (unpaired) electrons.